The van der Waals surface area contributed by atoms with Crippen molar-refractivity contribution in [3.05, 3.63) is 11.2 Å². The molecule has 0 aliphatic heterocycles. The van der Waals surface area contributed by atoms with Crippen LogP contribution in [0.3, 0.4) is 0 Å². The molecule has 0 aromatic carbocycles. The Hall–Kier alpha value is -0.700. The zero-order valence-corrected chi connectivity index (χ0v) is 7.30. The molecule has 0 unspecified atom stereocenters. The average molecular weight is 174 g/mol. The number of aromatic nitrogens is 2. The molecule has 0 spiro atoms. The number of nitrogen functional groups attached to an aromatic ring is 1. The number of nitrogens with zero attached hydrogens (tertiary/aromatic N) is 2. The minimum Gasteiger partial charge on any atom is -0.383 e. The molecule has 1 aromatic heterocycles. The summed E-state index contributed by atoms with van der Waals surface area (Å²) in [7, 11) is 0. The van der Waals surface area contributed by atoms with E-state index in [1.807, 2.05) is 0 Å². The maximum atomic E-state index is 5.70. The molecule has 1 aromatic rings. The largest absolute Gasteiger partial charge is 0.383 e. The van der Waals surface area contributed by atoms with Crippen LogP contribution in [0.25, 0.3) is 0 Å². The van der Waals surface area contributed by atoms with Gasteiger partial charge in [-0.1, -0.05) is 24.9 Å². The van der Waals surface area contributed by atoms with Gasteiger partial charge in [0.15, 0.2) is 0 Å². The van der Waals surface area contributed by atoms with Crippen LogP contribution in [-0.4, -0.2) is 9.78 Å². The van der Waals surface area contributed by atoms with E-state index in [1.54, 1.807) is 10.9 Å². The molecule has 4 heteroatoms. The van der Waals surface area contributed by atoms with Crippen molar-refractivity contribution in [2.24, 2.45) is 0 Å². The quantitative estimate of drug-likeness (QED) is 0.759. The molecule has 62 valence electrons. The molecule has 3 nitrogen and oxygen atoms in total. The SMILES string of the molecule is CCCCn1ncc(Cl)c1N. The highest BCUT2D eigenvalue weighted by molar-refractivity contribution is 6.32. The lowest BCUT2D eigenvalue weighted by Crippen LogP contribution is -2.04. The third kappa shape index (κ3) is 1.87. The lowest BCUT2D eigenvalue weighted by Gasteiger charge is -2.01. The van der Waals surface area contributed by atoms with Crippen LogP contribution in [0, 0.1) is 0 Å². The van der Waals surface area contributed by atoms with Crippen molar-refractivity contribution in [2.75, 3.05) is 5.73 Å². The molecule has 0 amide bonds. The molecule has 0 aliphatic carbocycles. The van der Waals surface area contributed by atoms with Crippen molar-refractivity contribution < 1.29 is 0 Å². The lowest BCUT2D eigenvalue weighted by molar-refractivity contribution is 0.579. The number of rotatable bonds is 3. The second-order valence-corrected chi connectivity index (χ2v) is 2.86. The van der Waals surface area contributed by atoms with Crippen LogP contribution in [0.15, 0.2) is 6.20 Å². The summed E-state index contributed by atoms with van der Waals surface area (Å²) < 4.78 is 1.73. The smallest absolute Gasteiger partial charge is 0.140 e. The van der Waals surface area contributed by atoms with Gasteiger partial charge in [-0.3, -0.25) is 0 Å². The monoisotopic (exact) mass is 173 g/mol. The molecule has 0 saturated carbocycles. The lowest BCUT2D eigenvalue weighted by atomic mass is 10.3. The zero-order chi connectivity index (χ0) is 8.27. The Bertz CT molecular complexity index is 232. The molecular weight excluding hydrogens is 162 g/mol. The van der Waals surface area contributed by atoms with Crippen molar-refractivity contribution in [1.29, 1.82) is 0 Å². The van der Waals surface area contributed by atoms with E-state index in [0.29, 0.717) is 10.8 Å². The van der Waals surface area contributed by atoms with Gasteiger partial charge in [0.25, 0.3) is 0 Å². The van der Waals surface area contributed by atoms with E-state index in [1.165, 1.54) is 0 Å². The van der Waals surface area contributed by atoms with Crippen LogP contribution in [-0.2, 0) is 6.54 Å². The van der Waals surface area contributed by atoms with Crippen molar-refractivity contribution in [3.8, 4) is 0 Å². The van der Waals surface area contributed by atoms with E-state index < -0.39 is 0 Å². The van der Waals surface area contributed by atoms with Gasteiger partial charge in [0.1, 0.15) is 10.8 Å². The summed E-state index contributed by atoms with van der Waals surface area (Å²) >= 11 is 5.70. The normalized spacial score (nSPS) is 10.4. The summed E-state index contributed by atoms with van der Waals surface area (Å²) in [5, 5.41) is 4.56. The Morgan fingerprint density at radius 1 is 1.73 bits per heavy atom. The van der Waals surface area contributed by atoms with Crippen LogP contribution < -0.4 is 5.73 Å². The first-order valence-electron chi connectivity index (χ1n) is 3.72. The number of halogens is 1. The van der Waals surface area contributed by atoms with Gasteiger partial charge in [0.2, 0.25) is 0 Å². The highest BCUT2D eigenvalue weighted by atomic mass is 35.5. The number of anilines is 1. The van der Waals surface area contributed by atoms with E-state index in [2.05, 4.69) is 12.0 Å². The van der Waals surface area contributed by atoms with Crippen LogP contribution in [0.4, 0.5) is 5.82 Å². The number of aryl methyl sites for hydroxylation is 1. The van der Waals surface area contributed by atoms with Crippen molar-refractivity contribution >= 4 is 17.4 Å². The average Bonchev–Trinajstić information content (AvgIpc) is 2.31. The van der Waals surface area contributed by atoms with Crippen LogP contribution in [0.5, 0.6) is 0 Å². The Morgan fingerprint density at radius 3 is 2.91 bits per heavy atom. The summed E-state index contributed by atoms with van der Waals surface area (Å²) in [6.07, 6.45) is 3.80. The number of hydrogen-bond donors (Lipinski definition) is 1. The van der Waals surface area contributed by atoms with Gasteiger partial charge in [-0.05, 0) is 6.42 Å². The molecule has 1 heterocycles. The van der Waals surface area contributed by atoms with Gasteiger partial charge in [0, 0.05) is 6.54 Å². The first kappa shape index (κ1) is 8.40. The second-order valence-electron chi connectivity index (χ2n) is 2.45. The third-order valence-corrected chi connectivity index (χ3v) is 1.85. The summed E-state index contributed by atoms with van der Waals surface area (Å²) in [4.78, 5) is 0. The molecule has 0 bridgehead atoms. The molecular formula is C7H12ClN3. The van der Waals surface area contributed by atoms with Crippen LogP contribution in [0.2, 0.25) is 5.02 Å². The fourth-order valence-corrected chi connectivity index (χ4v) is 0.999. The Morgan fingerprint density at radius 2 is 2.45 bits per heavy atom. The van der Waals surface area contributed by atoms with Gasteiger partial charge in [0.05, 0.1) is 6.20 Å². The Kier molecular flexibility index (Phi) is 2.76. The highest BCUT2D eigenvalue weighted by Gasteiger charge is 2.02. The maximum absolute atomic E-state index is 5.70. The van der Waals surface area contributed by atoms with Crippen molar-refractivity contribution in [1.82, 2.24) is 9.78 Å². The fraction of sp³-hybridized carbons (Fsp3) is 0.571. The van der Waals surface area contributed by atoms with Gasteiger partial charge in [-0.2, -0.15) is 5.10 Å². The number of unbranched alkanes of at least 4 members (excludes halogenated alkanes) is 1. The number of nitrogens with two attached hydrogens (primary N) is 1. The molecule has 0 saturated heterocycles. The van der Waals surface area contributed by atoms with E-state index in [9.17, 15) is 0 Å². The van der Waals surface area contributed by atoms with Gasteiger partial charge >= 0.3 is 0 Å². The van der Waals surface area contributed by atoms with E-state index in [-0.39, 0.29) is 0 Å². The molecule has 0 atom stereocenters. The maximum Gasteiger partial charge on any atom is 0.140 e. The summed E-state index contributed by atoms with van der Waals surface area (Å²) in [5.41, 5.74) is 5.61. The topological polar surface area (TPSA) is 43.8 Å². The second kappa shape index (κ2) is 3.62. The molecule has 0 aliphatic rings. The summed E-state index contributed by atoms with van der Waals surface area (Å²) in [5.74, 6) is 0.570. The van der Waals surface area contributed by atoms with Gasteiger partial charge in [-0.15, -0.1) is 0 Å². The minimum atomic E-state index is 0.543. The molecule has 1 rings (SSSR count). The van der Waals surface area contributed by atoms with E-state index >= 15 is 0 Å². The van der Waals surface area contributed by atoms with Gasteiger partial charge < -0.3 is 5.73 Å². The first-order valence-corrected chi connectivity index (χ1v) is 4.10. The standard InChI is InChI=1S/C7H12ClN3/c1-2-3-4-11-7(9)6(8)5-10-11/h5H,2-4,9H2,1H3. The number of hydrogen-bond acceptors (Lipinski definition) is 2. The summed E-state index contributed by atoms with van der Waals surface area (Å²) in [6.45, 7) is 2.98. The first-order chi connectivity index (χ1) is 5.25. The predicted octanol–water partition coefficient (Wildman–Crippen LogP) is 1.92. The fourth-order valence-electron chi connectivity index (χ4n) is 0.858. The summed E-state index contributed by atoms with van der Waals surface area (Å²) in [6, 6.07) is 0. The van der Waals surface area contributed by atoms with Crippen molar-refractivity contribution in [3.63, 3.8) is 0 Å². The highest BCUT2D eigenvalue weighted by Crippen LogP contribution is 2.16. The molecule has 11 heavy (non-hydrogen) atoms. The third-order valence-electron chi connectivity index (χ3n) is 1.56. The molecule has 0 radical (unpaired) electrons. The van der Waals surface area contributed by atoms with E-state index in [4.69, 9.17) is 17.3 Å². The van der Waals surface area contributed by atoms with Crippen LogP contribution in [0.1, 0.15) is 19.8 Å². The Labute approximate surface area is 71.1 Å². The van der Waals surface area contributed by atoms with Crippen LogP contribution >= 0.6 is 11.6 Å². The molecule has 0 fully saturated rings. The van der Waals surface area contributed by atoms with Crippen molar-refractivity contribution in [2.45, 2.75) is 26.3 Å². The molecule has 2 N–H and O–H groups in total. The predicted molar refractivity (Wildman–Crippen MR) is 46.6 cm³/mol. The van der Waals surface area contributed by atoms with E-state index in [0.717, 1.165) is 19.4 Å². The Balaban J connectivity index is 2.63. The zero-order valence-electron chi connectivity index (χ0n) is 6.55. The minimum absolute atomic E-state index is 0.543. The van der Waals surface area contributed by atoms with Gasteiger partial charge in [-0.25, -0.2) is 4.68 Å².